The Morgan fingerprint density at radius 3 is 2.67 bits per heavy atom. The van der Waals surface area contributed by atoms with Gasteiger partial charge in [-0.05, 0) is 35.0 Å². The van der Waals surface area contributed by atoms with Crippen LogP contribution in [0.2, 0.25) is 4.34 Å². The SMILES string of the molecule is Clc1cc2c(ccc3ccc(Br)cc32)s1. The van der Waals surface area contributed by atoms with Crippen LogP contribution >= 0.6 is 38.9 Å². The second kappa shape index (κ2) is 3.48. The lowest BCUT2D eigenvalue weighted by atomic mass is 10.1. The van der Waals surface area contributed by atoms with E-state index in [1.165, 1.54) is 20.9 Å². The third-order valence-electron chi connectivity index (χ3n) is 2.45. The first-order valence-electron chi connectivity index (χ1n) is 4.51. The van der Waals surface area contributed by atoms with Crippen molar-refractivity contribution >= 4 is 59.7 Å². The van der Waals surface area contributed by atoms with Crippen LogP contribution in [0.15, 0.2) is 40.9 Å². The van der Waals surface area contributed by atoms with Gasteiger partial charge in [0.25, 0.3) is 0 Å². The van der Waals surface area contributed by atoms with Gasteiger partial charge in [-0.15, -0.1) is 11.3 Å². The van der Waals surface area contributed by atoms with Crippen LogP contribution in [-0.2, 0) is 0 Å². The zero-order valence-corrected chi connectivity index (χ0v) is 10.8. The number of halogens is 2. The first-order valence-corrected chi connectivity index (χ1v) is 6.50. The largest absolute Gasteiger partial charge is 0.123 e. The average Bonchev–Trinajstić information content (AvgIpc) is 2.58. The summed E-state index contributed by atoms with van der Waals surface area (Å²) in [5.41, 5.74) is 0. The second-order valence-corrected chi connectivity index (χ2v) is 6.02. The minimum Gasteiger partial charge on any atom is -0.123 e. The third-order valence-corrected chi connectivity index (χ3v) is 4.17. The summed E-state index contributed by atoms with van der Waals surface area (Å²) >= 11 is 11.1. The van der Waals surface area contributed by atoms with E-state index in [-0.39, 0.29) is 0 Å². The van der Waals surface area contributed by atoms with Crippen molar-refractivity contribution in [2.45, 2.75) is 0 Å². The van der Waals surface area contributed by atoms with Gasteiger partial charge in [-0.3, -0.25) is 0 Å². The van der Waals surface area contributed by atoms with Crippen LogP contribution < -0.4 is 0 Å². The lowest BCUT2D eigenvalue weighted by Crippen LogP contribution is -1.73. The Kier molecular flexibility index (Phi) is 2.23. The van der Waals surface area contributed by atoms with Crippen LogP contribution in [-0.4, -0.2) is 0 Å². The molecule has 0 fully saturated rings. The van der Waals surface area contributed by atoms with Crippen LogP contribution in [0.3, 0.4) is 0 Å². The van der Waals surface area contributed by atoms with Gasteiger partial charge in [0.05, 0.1) is 4.34 Å². The molecule has 0 aliphatic carbocycles. The molecule has 3 heteroatoms. The zero-order valence-electron chi connectivity index (χ0n) is 7.63. The Labute approximate surface area is 105 Å². The van der Waals surface area contributed by atoms with Gasteiger partial charge in [0.15, 0.2) is 0 Å². The minimum atomic E-state index is 0.845. The monoisotopic (exact) mass is 296 g/mol. The Bertz CT molecular complexity index is 657. The van der Waals surface area contributed by atoms with E-state index >= 15 is 0 Å². The summed E-state index contributed by atoms with van der Waals surface area (Å²) in [6.45, 7) is 0. The molecule has 0 saturated carbocycles. The summed E-state index contributed by atoms with van der Waals surface area (Å²) in [6, 6.07) is 12.6. The van der Waals surface area contributed by atoms with Gasteiger partial charge in [0, 0.05) is 14.6 Å². The maximum atomic E-state index is 6.03. The van der Waals surface area contributed by atoms with Crippen molar-refractivity contribution in [3.8, 4) is 0 Å². The topological polar surface area (TPSA) is 0 Å². The summed E-state index contributed by atoms with van der Waals surface area (Å²) < 4.78 is 3.19. The summed E-state index contributed by atoms with van der Waals surface area (Å²) in [6.07, 6.45) is 0. The molecule has 0 aliphatic heterocycles. The predicted molar refractivity (Wildman–Crippen MR) is 72.0 cm³/mol. The lowest BCUT2D eigenvalue weighted by Gasteiger charge is -1.99. The Hall–Kier alpha value is -0.570. The fraction of sp³-hybridized carbons (Fsp3) is 0. The van der Waals surface area contributed by atoms with E-state index in [2.05, 4.69) is 46.3 Å². The molecule has 0 bridgehead atoms. The molecule has 0 nitrogen and oxygen atoms in total. The highest BCUT2D eigenvalue weighted by molar-refractivity contribution is 9.10. The zero-order chi connectivity index (χ0) is 10.4. The molecule has 2 aromatic carbocycles. The number of rotatable bonds is 0. The van der Waals surface area contributed by atoms with Crippen LogP contribution in [0.1, 0.15) is 0 Å². The number of hydrogen-bond donors (Lipinski definition) is 0. The molecule has 1 heterocycles. The molecule has 0 atom stereocenters. The number of hydrogen-bond acceptors (Lipinski definition) is 1. The summed E-state index contributed by atoms with van der Waals surface area (Å²) in [7, 11) is 0. The fourth-order valence-electron chi connectivity index (χ4n) is 1.78. The smallest absolute Gasteiger partial charge is 0.0941 e. The summed E-state index contributed by atoms with van der Waals surface area (Å²) in [4.78, 5) is 0. The maximum absolute atomic E-state index is 6.03. The second-order valence-electron chi connectivity index (χ2n) is 3.39. The Balaban J connectivity index is 2.56. The van der Waals surface area contributed by atoms with Crippen LogP contribution in [0, 0.1) is 0 Å². The first-order chi connectivity index (χ1) is 7.24. The van der Waals surface area contributed by atoms with Gasteiger partial charge in [0.1, 0.15) is 0 Å². The van der Waals surface area contributed by atoms with E-state index in [1.807, 2.05) is 6.07 Å². The van der Waals surface area contributed by atoms with Crippen molar-refractivity contribution in [3.05, 3.63) is 45.2 Å². The molecule has 0 radical (unpaired) electrons. The molecule has 3 aromatic rings. The van der Waals surface area contributed by atoms with Gasteiger partial charge in [0.2, 0.25) is 0 Å². The molecule has 3 rings (SSSR count). The van der Waals surface area contributed by atoms with Crippen molar-refractivity contribution in [1.82, 2.24) is 0 Å². The van der Waals surface area contributed by atoms with Crippen LogP contribution in [0.5, 0.6) is 0 Å². The molecular formula is C12H6BrClS. The molecule has 15 heavy (non-hydrogen) atoms. The van der Waals surface area contributed by atoms with Crippen LogP contribution in [0.4, 0.5) is 0 Å². The third kappa shape index (κ3) is 1.57. The lowest BCUT2D eigenvalue weighted by molar-refractivity contribution is 1.74. The van der Waals surface area contributed by atoms with E-state index in [4.69, 9.17) is 11.6 Å². The molecule has 0 saturated heterocycles. The highest BCUT2D eigenvalue weighted by atomic mass is 79.9. The minimum absolute atomic E-state index is 0.845. The van der Waals surface area contributed by atoms with Crippen molar-refractivity contribution in [2.24, 2.45) is 0 Å². The van der Waals surface area contributed by atoms with Crippen molar-refractivity contribution in [3.63, 3.8) is 0 Å². The summed E-state index contributed by atoms with van der Waals surface area (Å²) in [5, 5.41) is 3.74. The molecule has 0 N–H and O–H groups in total. The Morgan fingerprint density at radius 2 is 1.80 bits per heavy atom. The highest BCUT2D eigenvalue weighted by Gasteiger charge is 2.04. The molecule has 74 valence electrons. The average molecular weight is 298 g/mol. The molecule has 0 spiro atoms. The van der Waals surface area contributed by atoms with Crippen molar-refractivity contribution in [2.75, 3.05) is 0 Å². The number of benzene rings is 2. The number of thiophene rings is 1. The molecule has 0 aliphatic rings. The molecule has 0 unspecified atom stereocenters. The van der Waals surface area contributed by atoms with Gasteiger partial charge >= 0.3 is 0 Å². The van der Waals surface area contributed by atoms with E-state index in [1.54, 1.807) is 11.3 Å². The predicted octanol–water partition coefficient (Wildman–Crippen LogP) is 5.47. The van der Waals surface area contributed by atoms with Gasteiger partial charge in [-0.1, -0.05) is 39.7 Å². The van der Waals surface area contributed by atoms with E-state index in [9.17, 15) is 0 Å². The van der Waals surface area contributed by atoms with E-state index in [0.29, 0.717) is 0 Å². The molecule has 0 amide bonds. The van der Waals surface area contributed by atoms with Crippen molar-refractivity contribution in [1.29, 1.82) is 0 Å². The van der Waals surface area contributed by atoms with E-state index in [0.717, 1.165) is 8.81 Å². The van der Waals surface area contributed by atoms with Gasteiger partial charge in [-0.2, -0.15) is 0 Å². The fourth-order valence-corrected chi connectivity index (χ4v) is 3.30. The number of fused-ring (bicyclic) bond motifs is 3. The normalized spacial score (nSPS) is 11.3. The maximum Gasteiger partial charge on any atom is 0.0941 e. The molecular weight excluding hydrogens is 292 g/mol. The van der Waals surface area contributed by atoms with Gasteiger partial charge < -0.3 is 0 Å². The quantitative estimate of drug-likeness (QED) is 0.516. The van der Waals surface area contributed by atoms with E-state index < -0.39 is 0 Å². The molecule has 1 aromatic heterocycles. The Morgan fingerprint density at radius 1 is 1.00 bits per heavy atom. The van der Waals surface area contributed by atoms with Gasteiger partial charge in [-0.25, -0.2) is 0 Å². The standard InChI is InChI=1S/C12H6BrClS/c13-8-3-1-7-2-4-11-10(9(7)5-8)6-12(14)15-11/h1-6H. The highest BCUT2D eigenvalue weighted by Crippen LogP contribution is 2.35. The first kappa shape index (κ1) is 9.64. The van der Waals surface area contributed by atoms with Crippen LogP contribution in [0.25, 0.3) is 20.9 Å². The summed E-state index contributed by atoms with van der Waals surface area (Å²) in [5.74, 6) is 0. The van der Waals surface area contributed by atoms with Crippen molar-refractivity contribution < 1.29 is 0 Å².